The first-order chi connectivity index (χ1) is 15.4. The van der Waals surface area contributed by atoms with Crippen LogP contribution in [0.3, 0.4) is 0 Å². The molecule has 1 aliphatic rings. The van der Waals surface area contributed by atoms with Crippen LogP contribution in [0.5, 0.6) is 5.75 Å². The van der Waals surface area contributed by atoms with E-state index in [4.69, 9.17) is 9.47 Å². The molecule has 0 radical (unpaired) electrons. The fraction of sp³-hybridized carbons (Fsp3) is 0.130. The molecule has 9 heteroatoms. The molecule has 0 bridgehead atoms. The first-order valence-corrected chi connectivity index (χ1v) is 11.2. The van der Waals surface area contributed by atoms with Crippen molar-refractivity contribution < 1.29 is 27.5 Å². The summed E-state index contributed by atoms with van der Waals surface area (Å²) in [5.41, 5.74) is 0.986. The van der Waals surface area contributed by atoms with Crippen LogP contribution in [-0.2, 0) is 19.6 Å². The zero-order valence-corrected chi connectivity index (χ0v) is 17.9. The van der Waals surface area contributed by atoms with E-state index in [2.05, 4.69) is 5.32 Å². The second kappa shape index (κ2) is 8.72. The van der Waals surface area contributed by atoms with Crippen LogP contribution in [0.25, 0.3) is 0 Å². The molecule has 1 amide bonds. The monoisotopic (exact) mass is 452 g/mol. The lowest BCUT2D eigenvalue weighted by Gasteiger charge is -2.34. The Morgan fingerprint density at radius 3 is 2.47 bits per heavy atom. The fourth-order valence-electron chi connectivity index (χ4n) is 3.35. The maximum absolute atomic E-state index is 13.3. The molecule has 0 saturated carbocycles. The Hall–Kier alpha value is -3.85. The Labute approximate surface area is 185 Å². The topological polar surface area (TPSA) is 102 Å². The minimum Gasteiger partial charge on any atom is -0.476 e. The van der Waals surface area contributed by atoms with Gasteiger partial charge in [-0.2, -0.15) is 0 Å². The number of nitrogens with one attached hydrogen (secondary N) is 1. The van der Waals surface area contributed by atoms with Crippen molar-refractivity contribution in [3.63, 3.8) is 0 Å². The highest BCUT2D eigenvalue weighted by molar-refractivity contribution is 7.92. The molecule has 32 heavy (non-hydrogen) atoms. The van der Waals surface area contributed by atoms with E-state index in [1.807, 2.05) is 0 Å². The quantitative estimate of drug-likeness (QED) is 0.597. The lowest BCUT2D eigenvalue weighted by Crippen LogP contribution is -2.48. The number of rotatable bonds is 5. The van der Waals surface area contributed by atoms with Gasteiger partial charge in [-0.1, -0.05) is 36.4 Å². The second-order valence-electron chi connectivity index (χ2n) is 6.99. The number of carbonyl (C=O) groups excluding carboxylic acids is 2. The molecule has 0 aliphatic carbocycles. The van der Waals surface area contributed by atoms with Crippen LogP contribution in [-0.4, -0.2) is 40.1 Å². The zero-order chi connectivity index (χ0) is 22.7. The van der Waals surface area contributed by atoms with E-state index in [0.717, 1.165) is 0 Å². The van der Waals surface area contributed by atoms with Crippen molar-refractivity contribution in [2.45, 2.75) is 11.0 Å². The fourth-order valence-corrected chi connectivity index (χ4v) is 4.85. The number of para-hydroxylation sites is 2. The normalized spacial score (nSPS) is 15.3. The Morgan fingerprint density at radius 1 is 1.00 bits per heavy atom. The first kappa shape index (κ1) is 21.4. The predicted octanol–water partition coefficient (Wildman–Crippen LogP) is 3.07. The van der Waals surface area contributed by atoms with Crippen molar-refractivity contribution in [2.24, 2.45) is 0 Å². The average molecular weight is 452 g/mol. The average Bonchev–Trinajstić information content (AvgIpc) is 2.83. The molecular formula is C23H20N2O6S. The van der Waals surface area contributed by atoms with Crippen molar-refractivity contribution in [3.05, 3.63) is 84.4 Å². The van der Waals surface area contributed by atoms with Gasteiger partial charge in [-0.25, -0.2) is 13.2 Å². The molecular weight excluding hydrogens is 432 g/mol. The van der Waals surface area contributed by atoms with Gasteiger partial charge in [-0.05, 0) is 42.5 Å². The largest absolute Gasteiger partial charge is 0.476 e. The van der Waals surface area contributed by atoms with Gasteiger partial charge in [0.05, 0.1) is 29.8 Å². The van der Waals surface area contributed by atoms with Gasteiger partial charge in [0.2, 0.25) is 0 Å². The van der Waals surface area contributed by atoms with Crippen LogP contribution in [0.2, 0.25) is 0 Å². The maximum atomic E-state index is 13.3. The van der Waals surface area contributed by atoms with Gasteiger partial charge in [0.15, 0.2) is 6.10 Å². The third-order valence-electron chi connectivity index (χ3n) is 4.91. The summed E-state index contributed by atoms with van der Waals surface area (Å²) in [7, 11) is -2.66. The SMILES string of the molecule is COC(=O)c1cccc(NC(=O)[C@@H]2CN(S(=O)(=O)c3ccccc3)c3ccccc3O2)c1. The van der Waals surface area contributed by atoms with E-state index < -0.39 is 28.0 Å². The number of nitrogens with zero attached hydrogens (tertiary/aromatic N) is 1. The summed E-state index contributed by atoms with van der Waals surface area (Å²) >= 11 is 0. The van der Waals surface area contributed by atoms with Gasteiger partial charge in [0, 0.05) is 5.69 Å². The number of methoxy groups -OCH3 is 1. The zero-order valence-electron chi connectivity index (χ0n) is 17.1. The Bertz CT molecular complexity index is 1260. The molecule has 1 atom stereocenters. The number of hydrogen-bond donors (Lipinski definition) is 1. The number of esters is 1. The van der Waals surface area contributed by atoms with Crippen LogP contribution in [0.4, 0.5) is 11.4 Å². The van der Waals surface area contributed by atoms with Crippen molar-refractivity contribution in [2.75, 3.05) is 23.3 Å². The molecule has 0 saturated heterocycles. The van der Waals surface area contributed by atoms with Crippen molar-refractivity contribution in [1.82, 2.24) is 0 Å². The summed E-state index contributed by atoms with van der Waals surface area (Å²) in [5.74, 6) is -0.805. The summed E-state index contributed by atoms with van der Waals surface area (Å²) in [4.78, 5) is 24.8. The van der Waals surface area contributed by atoms with Crippen LogP contribution < -0.4 is 14.4 Å². The van der Waals surface area contributed by atoms with Gasteiger partial charge >= 0.3 is 5.97 Å². The highest BCUT2D eigenvalue weighted by atomic mass is 32.2. The van der Waals surface area contributed by atoms with Crippen molar-refractivity contribution >= 4 is 33.3 Å². The maximum Gasteiger partial charge on any atom is 0.337 e. The number of ether oxygens (including phenoxy) is 2. The molecule has 1 heterocycles. The Morgan fingerprint density at radius 2 is 1.72 bits per heavy atom. The molecule has 1 aliphatic heterocycles. The number of amides is 1. The standard InChI is InChI=1S/C23H20N2O6S/c1-30-23(27)16-8-7-9-17(14-16)24-22(26)21-15-25(19-12-5-6-13-20(19)31-21)32(28,29)18-10-3-2-4-11-18/h2-14,21H,15H2,1H3,(H,24,26)/t21-/m0/s1. The highest BCUT2D eigenvalue weighted by Crippen LogP contribution is 2.36. The van der Waals surface area contributed by atoms with Gasteiger partial charge in [0.25, 0.3) is 15.9 Å². The molecule has 1 N–H and O–H groups in total. The smallest absolute Gasteiger partial charge is 0.337 e. The lowest BCUT2D eigenvalue weighted by molar-refractivity contribution is -0.122. The molecule has 4 rings (SSSR count). The second-order valence-corrected chi connectivity index (χ2v) is 8.85. The summed E-state index contributed by atoms with van der Waals surface area (Å²) < 4.78 is 38.3. The van der Waals surface area contributed by atoms with Gasteiger partial charge in [0.1, 0.15) is 5.75 Å². The highest BCUT2D eigenvalue weighted by Gasteiger charge is 2.37. The van der Waals surface area contributed by atoms with E-state index in [1.54, 1.807) is 60.7 Å². The van der Waals surface area contributed by atoms with Crippen molar-refractivity contribution in [1.29, 1.82) is 0 Å². The summed E-state index contributed by atoms with van der Waals surface area (Å²) in [6.07, 6.45) is -1.11. The summed E-state index contributed by atoms with van der Waals surface area (Å²) in [6, 6.07) is 20.9. The molecule has 164 valence electrons. The molecule has 0 fully saturated rings. The third kappa shape index (κ3) is 4.15. The Kier molecular flexibility index (Phi) is 5.83. The molecule has 3 aromatic rings. The van der Waals surface area contributed by atoms with E-state index >= 15 is 0 Å². The molecule has 0 unspecified atom stereocenters. The van der Waals surface area contributed by atoms with Gasteiger partial charge in [-0.15, -0.1) is 0 Å². The Balaban J connectivity index is 1.63. The van der Waals surface area contributed by atoms with Gasteiger partial charge in [-0.3, -0.25) is 9.10 Å². The summed E-state index contributed by atoms with van der Waals surface area (Å²) in [5, 5.41) is 2.68. The predicted molar refractivity (Wildman–Crippen MR) is 118 cm³/mol. The first-order valence-electron chi connectivity index (χ1n) is 9.73. The lowest BCUT2D eigenvalue weighted by atomic mass is 10.2. The van der Waals surface area contributed by atoms with Crippen LogP contribution in [0.15, 0.2) is 83.8 Å². The number of sulfonamides is 1. The van der Waals surface area contributed by atoms with E-state index in [-0.39, 0.29) is 22.8 Å². The number of benzene rings is 3. The van der Waals surface area contributed by atoms with E-state index in [9.17, 15) is 18.0 Å². The van der Waals surface area contributed by atoms with E-state index in [1.165, 1.54) is 29.6 Å². The molecule has 3 aromatic carbocycles. The van der Waals surface area contributed by atoms with Crippen molar-refractivity contribution in [3.8, 4) is 5.75 Å². The van der Waals surface area contributed by atoms with Crippen LogP contribution >= 0.6 is 0 Å². The number of hydrogen-bond acceptors (Lipinski definition) is 6. The number of carbonyl (C=O) groups is 2. The third-order valence-corrected chi connectivity index (χ3v) is 6.70. The van der Waals surface area contributed by atoms with E-state index in [0.29, 0.717) is 11.4 Å². The van der Waals surface area contributed by atoms with Crippen LogP contribution in [0.1, 0.15) is 10.4 Å². The molecule has 0 aromatic heterocycles. The molecule has 0 spiro atoms. The molecule has 8 nitrogen and oxygen atoms in total. The number of fused-ring (bicyclic) bond motifs is 1. The minimum atomic E-state index is -3.92. The summed E-state index contributed by atoms with van der Waals surface area (Å²) in [6.45, 7) is -0.212. The van der Waals surface area contributed by atoms with Crippen LogP contribution in [0, 0.1) is 0 Å². The van der Waals surface area contributed by atoms with Gasteiger partial charge < -0.3 is 14.8 Å². The minimum absolute atomic E-state index is 0.113. The number of anilines is 2.